The monoisotopic (exact) mass is 335 g/mol. The molecule has 3 aromatic rings. The number of fused-ring (bicyclic) bond motifs is 1. The van der Waals surface area contributed by atoms with Crippen molar-refractivity contribution in [1.82, 2.24) is 14.7 Å². The molecule has 0 spiro atoms. The van der Waals surface area contributed by atoms with E-state index in [2.05, 4.69) is 5.10 Å². The normalized spacial score (nSPS) is 10.8. The molecule has 0 fully saturated rings. The van der Waals surface area contributed by atoms with Gasteiger partial charge in [-0.25, -0.2) is 4.68 Å². The van der Waals surface area contributed by atoms with Crippen molar-refractivity contribution in [3.05, 3.63) is 76.7 Å². The Kier molecular flexibility index (Phi) is 5.23. The van der Waals surface area contributed by atoms with E-state index in [0.29, 0.717) is 18.5 Å². The summed E-state index contributed by atoms with van der Waals surface area (Å²) in [5.74, 6) is -0.0942. The van der Waals surface area contributed by atoms with Crippen LogP contribution in [0.3, 0.4) is 0 Å². The highest BCUT2D eigenvalue weighted by atomic mass is 16.2. The van der Waals surface area contributed by atoms with Crippen molar-refractivity contribution >= 4 is 16.7 Å². The summed E-state index contributed by atoms with van der Waals surface area (Å²) in [6.07, 6.45) is 2.42. The Morgan fingerprint density at radius 2 is 1.80 bits per heavy atom. The average Bonchev–Trinajstić information content (AvgIpc) is 2.65. The van der Waals surface area contributed by atoms with Crippen LogP contribution in [0, 0.1) is 0 Å². The predicted molar refractivity (Wildman–Crippen MR) is 98.4 cm³/mol. The highest BCUT2D eigenvalue weighted by molar-refractivity contribution is 5.81. The maximum absolute atomic E-state index is 12.6. The third-order valence-electron chi connectivity index (χ3n) is 4.29. The van der Waals surface area contributed by atoms with E-state index in [1.54, 1.807) is 17.2 Å². The van der Waals surface area contributed by atoms with E-state index in [-0.39, 0.29) is 18.0 Å². The summed E-state index contributed by atoms with van der Waals surface area (Å²) in [5.41, 5.74) is 0.959. The number of hydrogen-bond donors (Lipinski definition) is 0. The van der Waals surface area contributed by atoms with Crippen LogP contribution in [0.25, 0.3) is 10.8 Å². The lowest BCUT2D eigenvalue weighted by Crippen LogP contribution is -2.38. The van der Waals surface area contributed by atoms with E-state index >= 15 is 0 Å². The Bertz CT molecular complexity index is 919. The smallest absolute Gasteiger partial charge is 0.275 e. The summed E-state index contributed by atoms with van der Waals surface area (Å²) in [5, 5.41) is 5.50. The van der Waals surface area contributed by atoms with Gasteiger partial charge in [0.15, 0.2) is 0 Å². The van der Waals surface area contributed by atoms with Gasteiger partial charge in [-0.2, -0.15) is 5.10 Å². The van der Waals surface area contributed by atoms with Gasteiger partial charge < -0.3 is 4.90 Å². The molecule has 0 atom stereocenters. The Morgan fingerprint density at radius 3 is 2.56 bits per heavy atom. The van der Waals surface area contributed by atoms with Crippen LogP contribution in [0.1, 0.15) is 12.5 Å². The van der Waals surface area contributed by atoms with Crippen molar-refractivity contribution < 1.29 is 4.79 Å². The molecule has 0 aliphatic heterocycles. The van der Waals surface area contributed by atoms with Gasteiger partial charge in [-0.3, -0.25) is 9.59 Å². The van der Waals surface area contributed by atoms with Crippen molar-refractivity contribution in [1.29, 1.82) is 0 Å². The van der Waals surface area contributed by atoms with Crippen LogP contribution in [0.4, 0.5) is 0 Å². The maximum Gasteiger partial charge on any atom is 0.275 e. The van der Waals surface area contributed by atoms with E-state index in [1.165, 1.54) is 10.2 Å². The van der Waals surface area contributed by atoms with E-state index in [0.717, 1.165) is 11.8 Å². The standard InChI is InChI=1S/C20H21N3O2/c1-2-22(13-12-16-8-4-3-5-9-16)19(24)15-23-20(25)18-11-7-6-10-17(18)14-21-23/h3-11,14H,2,12-13,15H2,1H3. The van der Waals surface area contributed by atoms with Gasteiger partial charge in [0.1, 0.15) is 6.54 Å². The zero-order valence-corrected chi connectivity index (χ0v) is 14.3. The Balaban J connectivity index is 1.71. The molecule has 0 aliphatic carbocycles. The zero-order valence-electron chi connectivity index (χ0n) is 14.3. The number of carbonyl (C=O) groups excluding carboxylic acids is 1. The number of hydrogen-bond acceptors (Lipinski definition) is 3. The predicted octanol–water partition coefficient (Wildman–Crippen LogP) is 2.49. The highest BCUT2D eigenvalue weighted by Gasteiger charge is 2.14. The first-order valence-electron chi connectivity index (χ1n) is 8.45. The van der Waals surface area contributed by atoms with Crippen molar-refractivity contribution in [2.45, 2.75) is 19.9 Å². The Morgan fingerprint density at radius 1 is 1.08 bits per heavy atom. The number of rotatable bonds is 6. The molecule has 25 heavy (non-hydrogen) atoms. The van der Waals surface area contributed by atoms with Crippen molar-refractivity contribution in [2.24, 2.45) is 0 Å². The summed E-state index contributed by atoms with van der Waals surface area (Å²) in [6, 6.07) is 17.3. The van der Waals surface area contributed by atoms with Crippen LogP contribution in [0.5, 0.6) is 0 Å². The van der Waals surface area contributed by atoms with Crippen molar-refractivity contribution in [3.63, 3.8) is 0 Å². The van der Waals surface area contributed by atoms with Crippen LogP contribution in [-0.2, 0) is 17.8 Å². The third kappa shape index (κ3) is 3.94. The fraction of sp³-hybridized carbons (Fsp3) is 0.250. The second-order valence-electron chi connectivity index (χ2n) is 5.90. The molecule has 3 rings (SSSR count). The van der Waals surface area contributed by atoms with Gasteiger partial charge in [0.25, 0.3) is 5.56 Å². The molecule has 0 unspecified atom stereocenters. The first kappa shape index (κ1) is 16.9. The van der Waals surface area contributed by atoms with E-state index in [9.17, 15) is 9.59 Å². The molecule has 1 aromatic heterocycles. The van der Waals surface area contributed by atoms with Crippen LogP contribution in [0.15, 0.2) is 65.6 Å². The molecule has 5 heteroatoms. The first-order valence-corrected chi connectivity index (χ1v) is 8.45. The Labute approximate surface area is 146 Å². The quantitative estimate of drug-likeness (QED) is 0.695. The largest absolute Gasteiger partial charge is 0.341 e. The first-order chi connectivity index (χ1) is 12.2. The van der Waals surface area contributed by atoms with Gasteiger partial charge in [-0.1, -0.05) is 48.5 Å². The maximum atomic E-state index is 12.6. The number of carbonyl (C=O) groups is 1. The SMILES string of the molecule is CCN(CCc1ccccc1)C(=O)Cn1ncc2ccccc2c1=O. The lowest BCUT2D eigenvalue weighted by molar-refractivity contribution is -0.131. The summed E-state index contributed by atoms with van der Waals surface area (Å²) in [6.45, 7) is 3.14. The lowest BCUT2D eigenvalue weighted by atomic mass is 10.1. The van der Waals surface area contributed by atoms with Gasteiger partial charge in [0, 0.05) is 18.5 Å². The van der Waals surface area contributed by atoms with Gasteiger partial charge >= 0.3 is 0 Å². The molecule has 0 radical (unpaired) electrons. The summed E-state index contributed by atoms with van der Waals surface area (Å²) < 4.78 is 1.25. The topological polar surface area (TPSA) is 55.2 Å². The van der Waals surface area contributed by atoms with E-state index in [4.69, 9.17) is 0 Å². The minimum absolute atomic E-state index is 0.0354. The minimum atomic E-state index is -0.231. The van der Waals surface area contributed by atoms with Crippen molar-refractivity contribution in [3.8, 4) is 0 Å². The number of nitrogens with zero attached hydrogens (tertiary/aromatic N) is 3. The number of likely N-dealkylation sites (N-methyl/N-ethyl adjacent to an activating group) is 1. The molecular weight excluding hydrogens is 314 g/mol. The van der Waals surface area contributed by atoms with Crippen LogP contribution < -0.4 is 5.56 Å². The summed E-state index contributed by atoms with van der Waals surface area (Å²) in [4.78, 5) is 26.8. The fourth-order valence-electron chi connectivity index (χ4n) is 2.84. The molecule has 5 nitrogen and oxygen atoms in total. The summed E-state index contributed by atoms with van der Waals surface area (Å²) >= 11 is 0. The molecule has 0 aliphatic rings. The zero-order chi connectivity index (χ0) is 17.6. The van der Waals surface area contributed by atoms with Gasteiger partial charge in [0.2, 0.25) is 5.91 Å². The minimum Gasteiger partial charge on any atom is -0.341 e. The molecule has 1 amide bonds. The molecular formula is C20H21N3O2. The Hall–Kier alpha value is -2.95. The number of amides is 1. The summed E-state index contributed by atoms with van der Waals surface area (Å²) in [7, 11) is 0. The lowest BCUT2D eigenvalue weighted by Gasteiger charge is -2.21. The van der Waals surface area contributed by atoms with E-state index in [1.807, 2.05) is 55.5 Å². The molecule has 1 heterocycles. The van der Waals surface area contributed by atoms with Crippen LogP contribution in [0.2, 0.25) is 0 Å². The molecule has 128 valence electrons. The van der Waals surface area contributed by atoms with Gasteiger partial charge in [-0.05, 0) is 25.0 Å². The average molecular weight is 335 g/mol. The van der Waals surface area contributed by atoms with Crippen LogP contribution >= 0.6 is 0 Å². The van der Waals surface area contributed by atoms with Crippen LogP contribution in [-0.4, -0.2) is 33.7 Å². The second-order valence-corrected chi connectivity index (χ2v) is 5.90. The van der Waals surface area contributed by atoms with E-state index < -0.39 is 0 Å². The molecule has 0 bridgehead atoms. The number of benzene rings is 2. The molecule has 0 N–H and O–H groups in total. The molecule has 2 aromatic carbocycles. The fourth-order valence-corrected chi connectivity index (χ4v) is 2.84. The number of aromatic nitrogens is 2. The van der Waals surface area contributed by atoms with Gasteiger partial charge in [-0.15, -0.1) is 0 Å². The third-order valence-corrected chi connectivity index (χ3v) is 4.29. The highest BCUT2D eigenvalue weighted by Crippen LogP contribution is 2.07. The molecule has 0 saturated heterocycles. The second kappa shape index (κ2) is 7.75. The van der Waals surface area contributed by atoms with Gasteiger partial charge in [0.05, 0.1) is 11.6 Å². The van der Waals surface area contributed by atoms with Crippen molar-refractivity contribution in [2.75, 3.05) is 13.1 Å². The molecule has 0 saturated carbocycles.